The van der Waals surface area contributed by atoms with Gasteiger partial charge in [0, 0.05) is 5.41 Å². The highest BCUT2D eigenvalue weighted by atomic mass is 16.3. The maximum atomic E-state index is 12.5. The second kappa shape index (κ2) is 14.2. The van der Waals surface area contributed by atoms with Gasteiger partial charge in [-0.15, -0.1) is 0 Å². The first-order valence-corrected chi connectivity index (χ1v) is 10.3. The lowest BCUT2D eigenvalue weighted by Crippen LogP contribution is -2.54. The molecule has 0 spiro atoms. The highest BCUT2D eigenvalue weighted by Crippen LogP contribution is 2.19. The molecule has 0 saturated heterocycles. The van der Waals surface area contributed by atoms with Gasteiger partial charge in [-0.05, 0) is 6.42 Å². The second-order valence-electron chi connectivity index (χ2n) is 11.3. The van der Waals surface area contributed by atoms with Crippen LogP contribution in [-0.2, 0) is 9.59 Å². The zero-order chi connectivity index (χ0) is 22.4. The lowest BCUT2D eigenvalue weighted by atomic mass is 9.89. The third kappa shape index (κ3) is 17.2. The van der Waals surface area contributed by atoms with Crippen molar-refractivity contribution in [2.24, 2.45) is 5.41 Å². The molecule has 0 heterocycles. The van der Waals surface area contributed by atoms with Crippen molar-refractivity contribution in [1.29, 1.82) is 0 Å². The molecule has 0 fully saturated rings. The van der Waals surface area contributed by atoms with Crippen molar-refractivity contribution in [3.05, 3.63) is 22.3 Å². The number of hydrogen-bond donors (Lipinski definition) is 2. The molecule has 7 nitrogen and oxygen atoms in total. The van der Waals surface area contributed by atoms with E-state index in [1.807, 2.05) is 34.9 Å². The van der Waals surface area contributed by atoms with E-state index in [1.54, 1.807) is 0 Å². The smallest absolute Gasteiger partial charge is 0.229 e. The molecule has 2 N–H and O–H groups in total. The van der Waals surface area contributed by atoms with Crippen LogP contribution in [0, 0.1) is 27.7 Å². The Balaban J connectivity index is -0.00000121. The number of Topliss-reactive ketones (excluding diaryl/α,β-unsaturated/α-hetero) is 1. The van der Waals surface area contributed by atoms with E-state index in [-0.39, 0.29) is 34.0 Å². The fraction of sp³-hybridized carbons (Fsp3) is 0.792. The number of quaternary nitrogens is 3. The summed E-state index contributed by atoms with van der Waals surface area (Å²) >= 11 is 0. The first-order chi connectivity index (χ1) is 12.4. The monoisotopic (exact) mass is 448 g/mol. The molecular formula is C24H56N4O3. The minimum atomic E-state index is -0.394. The van der Waals surface area contributed by atoms with Gasteiger partial charge < -0.3 is 46.2 Å². The molecule has 0 aliphatic carbocycles. The molecule has 0 aliphatic rings. The summed E-state index contributed by atoms with van der Waals surface area (Å²) in [5.41, 5.74) is -0.391. The zero-order valence-corrected chi connectivity index (χ0v) is 23.1. The largest absolute Gasteiger partial charge is 0.382 e. The Hall–Kier alpha value is -1.02. The topological polar surface area (TPSA) is 66.4 Å². The van der Waals surface area contributed by atoms with E-state index in [0.717, 1.165) is 6.42 Å². The molecule has 1 unspecified atom stereocenters. The molecule has 0 saturated carbocycles. The van der Waals surface area contributed by atoms with Crippen LogP contribution in [0.4, 0.5) is 0 Å². The summed E-state index contributed by atoms with van der Waals surface area (Å²) in [7, 11) is 14.2. The number of likely N-dealkylation sites (N-methyl/N-ethyl adjacent to an activating group) is 3. The zero-order valence-electron chi connectivity index (χ0n) is 23.1. The van der Waals surface area contributed by atoms with E-state index in [0.29, 0.717) is 52.7 Å². The van der Waals surface area contributed by atoms with Crippen LogP contribution in [0.5, 0.6) is 0 Å². The lowest BCUT2D eigenvalue weighted by Gasteiger charge is -2.35. The van der Waals surface area contributed by atoms with E-state index < -0.39 is 11.5 Å². The van der Waals surface area contributed by atoms with Gasteiger partial charge in [0.15, 0.2) is 18.6 Å². The Morgan fingerprint density at radius 2 is 1.39 bits per heavy atom. The Labute approximate surface area is 195 Å². The first-order valence-electron chi connectivity index (χ1n) is 10.3. The summed E-state index contributed by atoms with van der Waals surface area (Å²) in [5, 5.41) is 13.3. The van der Waals surface area contributed by atoms with Crippen molar-refractivity contribution in [2.45, 2.75) is 39.7 Å². The fourth-order valence-electron chi connectivity index (χ4n) is 3.08. The van der Waals surface area contributed by atoms with E-state index in [4.69, 9.17) is 0 Å². The van der Waals surface area contributed by atoms with Crippen molar-refractivity contribution < 1.29 is 28.1 Å². The number of hydrogen-bond acceptors (Lipinski definition) is 3. The number of amides is 1. The summed E-state index contributed by atoms with van der Waals surface area (Å²) in [6, 6.07) is 0. The fourth-order valence-corrected chi connectivity index (χ4v) is 3.08. The SMILES string of the molecule is CCC(C)(C)C(=O)NC[N+](C)(C)CC(=O)CC[N+](C)(C)CC(O)C[N+](C)(C)C.[CH3-].[CH3-].[CH3-]. The summed E-state index contributed by atoms with van der Waals surface area (Å²) < 4.78 is 1.76. The van der Waals surface area contributed by atoms with Crippen molar-refractivity contribution in [2.75, 3.05) is 82.2 Å². The van der Waals surface area contributed by atoms with Gasteiger partial charge >= 0.3 is 0 Å². The average molecular weight is 449 g/mol. The molecule has 0 radical (unpaired) electrons. The van der Waals surface area contributed by atoms with Gasteiger partial charge in [0.2, 0.25) is 5.91 Å². The predicted octanol–water partition coefficient (Wildman–Crippen LogP) is 2.03. The standard InChI is InChI=1S/C21H46N4O3.3CH3/c1-11-21(2,3)20(28)22-17-25(9,10)15-18(26)12-13-24(7,8)16-19(27)14-23(4,5)6;;;/h19,27H,11-17H2,1-10H3;3*1H3/q+2;3*-1/p+1. The molecule has 7 heteroatoms. The van der Waals surface area contributed by atoms with Gasteiger partial charge in [0.05, 0.1) is 62.3 Å². The third-order valence-electron chi connectivity index (χ3n) is 5.23. The van der Waals surface area contributed by atoms with Gasteiger partial charge in [-0.3, -0.25) is 9.59 Å². The van der Waals surface area contributed by atoms with Crippen LogP contribution in [0.1, 0.15) is 33.6 Å². The van der Waals surface area contributed by atoms with Crippen LogP contribution in [0.25, 0.3) is 0 Å². The van der Waals surface area contributed by atoms with Crippen molar-refractivity contribution in [3.8, 4) is 0 Å². The second-order valence-corrected chi connectivity index (χ2v) is 11.3. The molecule has 0 aromatic rings. The number of carbonyl (C=O) groups is 2. The van der Waals surface area contributed by atoms with Gasteiger partial charge in [0.25, 0.3) is 0 Å². The molecule has 1 amide bonds. The van der Waals surface area contributed by atoms with Gasteiger partial charge in [-0.2, -0.15) is 0 Å². The molecule has 0 rings (SSSR count). The van der Waals surface area contributed by atoms with E-state index >= 15 is 0 Å². The average Bonchev–Trinajstić information content (AvgIpc) is 2.47. The number of carbonyl (C=O) groups excluding carboxylic acids is 2. The van der Waals surface area contributed by atoms with E-state index in [1.165, 1.54) is 0 Å². The number of rotatable bonds is 13. The van der Waals surface area contributed by atoms with E-state index in [9.17, 15) is 14.7 Å². The lowest BCUT2D eigenvalue weighted by molar-refractivity contribution is -0.907. The molecule has 0 aromatic heterocycles. The quantitative estimate of drug-likeness (QED) is 0.257. The van der Waals surface area contributed by atoms with Crippen LogP contribution in [0.3, 0.4) is 0 Å². The maximum Gasteiger partial charge on any atom is 0.229 e. The summed E-state index contributed by atoms with van der Waals surface area (Å²) in [6.07, 6.45) is 0.854. The normalized spacial score (nSPS) is 13.3. The molecule has 190 valence electrons. The van der Waals surface area contributed by atoms with Crippen molar-refractivity contribution in [1.82, 2.24) is 5.32 Å². The van der Waals surface area contributed by atoms with Crippen LogP contribution in [0.2, 0.25) is 0 Å². The number of nitrogens with zero attached hydrogens (tertiary/aromatic N) is 3. The number of ketones is 1. The van der Waals surface area contributed by atoms with Crippen LogP contribution < -0.4 is 5.32 Å². The van der Waals surface area contributed by atoms with E-state index in [2.05, 4.69) is 40.6 Å². The van der Waals surface area contributed by atoms with Crippen LogP contribution in [-0.4, -0.2) is 119 Å². The van der Waals surface area contributed by atoms with Gasteiger partial charge in [-0.25, -0.2) is 0 Å². The Kier molecular flexibility index (Phi) is 17.1. The first kappa shape index (κ1) is 37.3. The summed E-state index contributed by atoms with van der Waals surface area (Å²) in [5.74, 6) is 0.207. The number of nitrogens with one attached hydrogen (secondary N) is 1. The molecule has 31 heavy (non-hydrogen) atoms. The Bertz CT molecular complexity index is 523. The molecule has 1 atom stereocenters. The molecule has 0 bridgehead atoms. The highest BCUT2D eigenvalue weighted by molar-refractivity contribution is 5.81. The highest BCUT2D eigenvalue weighted by Gasteiger charge is 2.29. The molecule has 0 aromatic carbocycles. The Morgan fingerprint density at radius 1 is 0.903 bits per heavy atom. The van der Waals surface area contributed by atoms with Crippen LogP contribution >= 0.6 is 0 Å². The minimum absolute atomic E-state index is 0. The van der Waals surface area contributed by atoms with Crippen molar-refractivity contribution in [3.63, 3.8) is 0 Å². The summed E-state index contributed by atoms with van der Waals surface area (Å²) in [6.45, 7) is 8.70. The predicted molar refractivity (Wildman–Crippen MR) is 134 cm³/mol. The molecular weight excluding hydrogens is 392 g/mol. The minimum Gasteiger partial charge on any atom is -0.382 e. The van der Waals surface area contributed by atoms with Crippen LogP contribution in [0.15, 0.2) is 0 Å². The summed E-state index contributed by atoms with van der Waals surface area (Å²) in [4.78, 5) is 24.8. The van der Waals surface area contributed by atoms with Crippen molar-refractivity contribution >= 4 is 11.7 Å². The molecule has 0 aliphatic heterocycles. The number of aliphatic hydroxyl groups is 1. The third-order valence-corrected chi connectivity index (χ3v) is 5.23. The number of aliphatic hydroxyl groups excluding tert-OH is 1. The van der Waals surface area contributed by atoms with Gasteiger partial charge in [0.1, 0.15) is 19.6 Å². The Morgan fingerprint density at radius 3 is 1.81 bits per heavy atom. The maximum absolute atomic E-state index is 12.5. The van der Waals surface area contributed by atoms with Gasteiger partial charge in [-0.1, -0.05) is 20.8 Å².